The highest BCUT2D eigenvalue weighted by molar-refractivity contribution is 8.16. The van der Waals surface area contributed by atoms with Crippen LogP contribution in [0.15, 0.2) is 70.2 Å². The minimum Gasteiger partial charge on any atom is -0.493 e. The molecule has 0 aromatic heterocycles. The van der Waals surface area contributed by atoms with Gasteiger partial charge in [0.1, 0.15) is 0 Å². The fraction of sp³-hybridized carbons (Fsp3) is 0.345. The average Bonchev–Trinajstić information content (AvgIpc) is 3.33. The summed E-state index contributed by atoms with van der Waals surface area (Å²) in [6.45, 7) is 6.00. The first-order valence-corrected chi connectivity index (χ1v) is 13.5. The summed E-state index contributed by atoms with van der Waals surface area (Å²) in [5.74, 6) is 0.555. The Labute approximate surface area is 227 Å². The normalized spacial score (nSPS) is 17.3. The molecule has 0 aliphatic carbocycles. The van der Waals surface area contributed by atoms with E-state index in [0.29, 0.717) is 27.9 Å². The first-order valence-electron chi connectivity index (χ1n) is 12.6. The van der Waals surface area contributed by atoms with E-state index in [1.807, 2.05) is 72.7 Å². The van der Waals surface area contributed by atoms with E-state index in [1.165, 1.54) is 11.8 Å². The van der Waals surface area contributed by atoms with E-state index >= 15 is 0 Å². The second-order valence-corrected chi connectivity index (χ2v) is 9.75. The van der Waals surface area contributed by atoms with Crippen molar-refractivity contribution in [3.8, 4) is 11.5 Å². The number of nitrogens with zero attached hydrogens (tertiary/aromatic N) is 2. The molecule has 0 fully saturated rings. The molecule has 0 saturated carbocycles. The first kappa shape index (κ1) is 27.3. The fourth-order valence-electron chi connectivity index (χ4n) is 4.42. The lowest BCUT2D eigenvalue weighted by Crippen LogP contribution is -2.39. The molecule has 2 atom stereocenters. The van der Waals surface area contributed by atoms with Crippen molar-refractivity contribution in [3.63, 3.8) is 0 Å². The summed E-state index contributed by atoms with van der Waals surface area (Å²) >= 11 is 1.43. The zero-order valence-corrected chi connectivity index (χ0v) is 23.1. The van der Waals surface area contributed by atoms with Crippen LogP contribution in [0.2, 0.25) is 0 Å². The number of aliphatic imine (C=N–C) groups is 1. The van der Waals surface area contributed by atoms with Gasteiger partial charge in [0.15, 0.2) is 16.7 Å². The maximum Gasteiger partial charge on any atom is 0.338 e. The Morgan fingerprint density at radius 1 is 1.08 bits per heavy atom. The van der Waals surface area contributed by atoms with Gasteiger partial charge in [-0.25, -0.2) is 9.79 Å². The molecule has 2 aromatic rings. The van der Waals surface area contributed by atoms with Crippen molar-refractivity contribution >= 4 is 34.5 Å². The van der Waals surface area contributed by atoms with Crippen LogP contribution in [0.4, 0.5) is 0 Å². The monoisotopic (exact) mass is 535 g/mol. The quantitative estimate of drug-likeness (QED) is 0.414. The van der Waals surface area contributed by atoms with E-state index in [4.69, 9.17) is 19.2 Å². The van der Waals surface area contributed by atoms with Crippen LogP contribution >= 0.6 is 11.8 Å². The summed E-state index contributed by atoms with van der Waals surface area (Å²) < 4.78 is 16.6. The number of ether oxygens (including phenoxy) is 3. The van der Waals surface area contributed by atoms with Crippen LogP contribution in [-0.2, 0) is 14.3 Å². The summed E-state index contributed by atoms with van der Waals surface area (Å²) in [6, 6.07) is 14.6. The zero-order chi connectivity index (χ0) is 27.2. The highest BCUT2D eigenvalue weighted by atomic mass is 32.2. The van der Waals surface area contributed by atoms with Gasteiger partial charge >= 0.3 is 5.97 Å². The Kier molecular flexibility index (Phi) is 8.78. The number of rotatable bonds is 10. The predicted molar refractivity (Wildman–Crippen MR) is 150 cm³/mol. The van der Waals surface area contributed by atoms with E-state index in [1.54, 1.807) is 21.1 Å². The van der Waals surface area contributed by atoms with E-state index in [2.05, 4.69) is 5.32 Å². The Hall–Kier alpha value is -3.72. The van der Waals surface area contributed by atoms with Crippen molar-refractivity contribution in [2.24, 2.45) is 4.99 Å². The van der Waals surface area contributed by atoms with Gasteiger partial charge in [-0.3, -0.25) is 4.79 Å². The highest BCUT2D eigenvalue weighted by Crippen LogP contribution is 2.48. The van der Waals surface area contributed by atoms with Crippen LogP contribution in [0.1, 0.15) is 50.8 Å². The average molecular weight is 536 g/mol. The smallest absolute Gasteiger partial charge is 0.338 e. The van der Waals surface area contributed by atoms with Crippen molar-refractivity contribution < 1.29 is 23.8 Å². The van der Waals surface area contributed by atoms with Gasteiger partial charge in [0.05, 0.1) is 44.6 Å². The summed E-state index contributed by atoms with van der Waals surface area (Å²) in [4.78, 5) is 33.4. The fourth-order valence-corrected chi connectivity index (χ4v) is 5.34. The number of hydrogen-bond acceptors (Lipinski definition) is 8. The molecule has 0 spiro atoms. The van der Waals surface area contributed by atoms with Gasteiger partial charge in [-0.2, -0.15) is 0 Å². The van der Waals surface area contributed by atoms with Crippen molar-refractivity contribution in [2.75, 3.05) is 20.8 Å². The molecule has 2 aliphatic rings. The van der Waals surface area contributed by atoms with Crippen molar-refractivity contribution in [1.82, 2.24) is 10.2 Å². The Balaban J connectivity index is 1.88. The standard InChI is InChI=1S/C29H33N3O5S/c1-6-18(3)30-24(33)16-21-17-38-29-31-26(19-11-9-8-10-12-19)25(28(34)37-7-2)27(32(21)29)20-13-14-22(35-4)23(15-20)36-5/h8-15,17-18,27H,6-7,16H2,1-5H3,(H,30,33)/t18-,27+/m0/s1. The number of amides is 1. The third-order valence-corrected chi connectivity index (χ3v) is 7.33. The first-order chi connectivity index (χ1) is 18.4. The van der Waals surface area contributed by atoms with Crippen LogP contribution in [0.25, 0.3) is 5.70 Å². The molecular weight excluding hydrogens is 502 g/mol. The molecule has 38 heavy (non-hydrogen) atoms. The third-order valence-electron chi connectivity index (χ3n) is 6.44. The lowest BCUT2D eigenvalue weighted by molar-refractivity contribution is -0.139. The number of fused-ring (bicyclic) bond motifs is 1. The number of thioether (sulfide) groups is 1. The molecule has 1 amide bonds. The summed E-state index contributed by atoms with van der Waals surface area (Å²) in [7, 11) is 3.15. The minimum absolute atomic E-state index is 0.0629. The lowest BCUT2D eigenvalue weighted by Gasteiger charge is -2.37. The second kappa shape index (κ2) is 12.2. The van der Waals surface area contributed by atoms with Gasteiger partial charge in [-0.05, 0) is 43.4 Å². The van der Waals surface area contributed by atoms with Gasteiger partial charge in [-0.1, -0.05) is 55.1 Å². The van der Waals surface area contributed by atoms with E-state index in [-0.39, 0.29) is 25.0 Å². The van der Waals surface area contributed by atoms with E-state index in [9.17, 15) is 9.59 Å². The molecule has 2 heterocycles. The number of methoxy groups -OCH3 is 2. The number of benzene rings is 2. The van der Waals surface area contributed by atoms with Gasteiger partial charge in [0.25, 0.3) is 0 Å². The molecule has 200 valence electrons. The second-order valence-electron chi connectivity index (χ2n) is 8.91. The van der Waals surface area contributed by atoms with Crippen molar-refractivity contribution in [2.45, 2.75) is 45.7 Å². The van der Waals surface area contributed by atoms with Crippen LogP contribution in [0.3, 0.4) is 0 Å². The molecule has 0 bridgehead atoms. The molecule has 0 radical (unpaired) electrons. The predicted octanol–water partition coefficient (Wildman–Crippen LogP) is 5.28. The largest absolute Gasteiger partial charge is 0.493 e. The zero-order valence-electron chi connectivity index (χ0n) is 22.3. The molecule has 2 aliphatic heterocycles. The number of esters is 1. The van der Waals surface area contributed by atoms with Crippen LogP contribution < -0.4 is 14.8 Å². The minimum atomic E-state index is -0.603. The molecule has 9 heteroatoms. The van der Waals surface area contributed by atoms with Gasteiger partial charge in [0.2, 0.25) is 5.91 Å². The van der Waals surface area contributed by atoms with Gasteiger partial charge in [0, 0.05) is 17.3 Å². The number of amidine groups is 1. The third kappa shape index (κ3) is 5.57. The molecule has 1 N–H and O–H groups in total. The maximum atomic E-state index is 13.6. The Morgan fingerprint density at radius 2 is 1.82 bits per heavy atom. The number of nitrogens with one attached hydrogen (secondary N) is 1. The highest BCUT2D eigenvalue weighted by Gasteiger charge is 2.42. The van der Waals surface area contributed by atoms with E-state index < -0.39 is 12.0 Å². The van der Waals surface area contributed by atoms with Crippen molar-refractivity contribution in [3.05, 3.63) is 76.3 Å². The number of hydrogen-bond donors (Lipinski definition) is 1. The molecular formula is C29H33N3O5S. The SMILES string of the molecule is CCOC(=O)C1=C(c2ccccc2)N=C2SC=C(CC(=O)N[C@@H](C)CC)N2[C@@H]1c1ccc(OC)c(OC)c1. The van der Waals surface area contributed by atoms with Crippen LogP contribution in [-0.4, -0.2) is 48.8 Å². The summed E-state index contributed by atoms with van der Waals surface area (Å²) in [6.07, 6.45) is 0.983. The molecule has 0 unspecified atom stereocenters. The summed E-state index contributed by atoms with van der Waals surface area (Å²) in [5.41, 5.74) is 3.27. The van der Waals surface area contributed by atoms with Crippen molar-refractivity contribution in [1.29, 1.82) is 0 Å². The molecule has 0 saturated heterocycles. The number of carbonyl (C=O) groups is 2. The molecule has 8 nitrogen and oxygen atoms in total. The molecule has 2 aromatic carbocycles. The van der Waals surface area contributed by atoms with Gasteiger partial charge in [-0.15, -0.1) is 0 Å². The van der Waals surface area contributed by atoms with Gasteiger partial charge < -0.3 is 24.4 Å². The summed E-state index contributed by atoms with van der Waals surface area (Å²) in [5, 5.41) is 5.65. The Bertz CT molecular complexity index is 1290. The topological polar surface area (TPSA) is 89.5 Å². The number of carbonyl (C=O) groups excluding carboxylic acids is 2. The Morgan fingerprint density at radius 3 is 2.47 bits per heavy atom. The van der Waals surface area contributed by atoms with E-state index in [0.717, 1.165) is 23.2 Å². The molecule has 4 rings (SSSR count). The lowest BCUT2D eigenvalue weighted by atomic mass is 9.91. The van der Waals surface area contributed by atoms with Crippen LogP contribution in [0.5, 0.6) is 11.5 Å². The van der Waals surface area contributed by atoms with Crippen LogP contribution in [0, 0.1) is 0 Å². The maximum absolute atomic E-state index is 13.6.